The van der Waals surface area contributed by atoms with E-state index in [-0.39, 0.29) is 5.82 Å². The second-order valence-corrected chi connectivity index (χ2v) is 5.32. The van der Waals surface area contributed by atoms with Gasteiger partial charge in [0.25, 0.3) is 0 Å². The molecule has 0 spiro atoms. The van der Waals surface area contributed by atoms with Crippen LogP contribution in [0.15, 0.2) is 48.5 Å². The van der Waals surface area contributed by atoms with Crippen molar-refractivity contribution in [1.82, 2.24) is 5.32 Å². The van der Waals surface area contributed by atoms with E-state index in [1.54, 1.807) is 12.1 Å². The molecule has 2 rings (SSSR count). The lowest BCUT2D eigenvalue weighted by molar-refractivity contribution is 0.596. The Labute approximate surface area is 126 Å². The molecular weight excluding hydrogens is 263 g/mol. The first-order valence-corrected chi connectivity index (χ1v) is 7.39. The van der Waals surface area contributed by atoms with E-state index < -0.39 is 0 Å². The predicted molar refractivity (Wildman–Crippen MR) is 87.0 cm³/mol. The summed E-state index contributed by atoms with van der Waals surface area (Å²) in [6.07, 6.45) is 0. The number of nitrogens with zero attached hydrogens (tertiary/aromatic N) is 1. The molecular formula is C18H23FN2. The van der Waals surface area contributed by atoms with Crippen molar-refractivity contribution in [3.63, 3.8) is 0 Å². The quantitative estimate of drug-likeness (QED) is 0.859. The van der Waals surface area contributed by atoms with Crippen LogP contribution in [0.25, 0.3) is 0 Å². The smallest absolute Gasteiger partial charge is 0.123 e. The fourth-order valence-corrected chi connectivity index (χ4v) is 2.61. The van der Waals surface area contributed by atoms with Gasteiger partial charge in [0.1, 0.15) is 5.82 Å². The topological polar surface area (TPSA) is 15.3 Å². The van der Waals surface area contributed by atoms with E-state index >= 15 is 0 Å². The van der Waals surface area contributed by atoms with Crippen LogP contribution < -0.4 is 10.2 Å². The van der Waals surface area contributed by atoms with E-state index in [1.165, 1.54) is 17.3 Å². The number of anilines is 1. The minimum Gasteiger partial charge on any atom is -0.370 e. The fourth-order valence-electron chi connectivity index (χ4n) is 2.61. The zero-order valence-corrected chi connectivity index (χ0v) is 12.9. The monoisotopic (exact) mass is 286 g/mol. The highest BCUT2D eigenvalue weighted by atomic mass is 19.1. The highest BCUT2D eigenvalue weighted by Gasteiger charge is 2.12. The lowest BCUT2D eigenvalue weighted by Crippen LogP contribution is -2.23. The van der Waals surface area contributed by atoms with Crippen LogP contribution in [0.2, 0.25) is 0 Å². The molecule has 2 aromatic rings. The van der Waals surface area contributed by atoms with Crippen molar-refractivity contribution in [2.45, 2.75) is 26.4 Å². The molecule has 2 nitrogen and oxygen atoms in total. The van der Waals surface area contributed by atoms with Crippen LogP contribution in [0, 0.1) is 5.82 Å². The Morgan fingerprint density at radius 1 is 1.14 bits per heavy atom. The van der Waals surface area contributed by atoms with Crippen LogP contribution in [-0.4, -0.2) is 13.6 Å². The number of halogens is 1. The molecule has 1 unspecified atom stereocenters. The van der Waals surface area contributed by atoms with Gasteiger partial charge in [-0.25, -0.2) is 4.39 Å². The second kappa shape index (κ2) is 7.23. The number of rotatable bonds is 6. The minimum absolute atomic E-state index is 0.185. The highest BCUT2D eigenvalue weighted by Crippen LogP contribution is 2.26. The third-order valence-electron chi connectivity index (χ3n) is 3.63. The van der Waals surface area contributed by atoms with Gasteiger partial charge in [-0.2, -0.15) is 0 Å². The zero-order chi connectivity index (χ0) is 15.2. The maximum absolute atomic E-state index is 13.3. The minimum atomic E-state index is -0.185. The van der Waals surface area contributed by atoms with Crippen molar-refractivity contribution < 1.29 is 4.39 Å². The van der Waals surface area contributed by atoms with Gasteiger partial charge in [0.15, 0.2) is 0 Å². The first kappa shape index (κ1) is 15.5. The number of benzene rings is 2. The van der Waals surface area contributed by atoms with Gasteiger partial charge in [-0.3, -0.25) is 0 Å². The van der Waals surface area contributed by atoms with Crippen LogP contribution in [0.1, 0.15) is 31.0 Å². The highest BCUT2D eigenvalue weighted by molar-refractivity contribution is 5.54. The van der Waals surface area contributed by atoms with Crippen molar-refractivity contribution in [2.75, 3.05) is 18.5 Å². The van der Waals surface area contributed by atoms with Gasteiger partial charge in [0, 0.05) is 25.3 Å². The maximum atomic E-state index is 13.3. The molecule has 0 saturated heterocycles. The van der Waals surface area contributed by atoms with Gasteiger partial charge < -0.3 is 10.2 Å². The van der Waals surface area contributed by atoms with Gasteiger partial charge in [-0.1, -0.05) is 37.3 Å². The molecule has 0 bridgehead atoms. The average molecular weight is 286 g/mol. The van der Waals surface area contributed by atoms with Crippen molar-refractivity contribution >= 4 is 5.69 Å². The molecule has 0 amide bonds. The van der Waals surface area contributed by atoms with Crippen LogP contribution in [0.4, 0.5) is 10.1 Å². The van der Waals surface area contributed by atoms with Crippen LogP contribution in [-0.2, 0) is 6.54 Å². The van der Waals surface area contributed by atoms with E-state index in [1.807, 2.05) is 19.2 Å². The fraction of sp³-hybridized carbons (Fsp3) is 0.333. The van der Waals surface area contributed by atoms with Crippen molar-refractivity contribution in [2.24, 2.45) is 0 Å². The predicted octanol–water partition coefficient (Wildman–Crippen LogP) is 4.13. The summed E-state index contributed by atoms with van der Waals surface area (Å²) in [5.74, 6) is -0.185. The van der Waals surface area contributed by atoms with Gasteiger partial charge in [-0.15, -0.1) is 0 Å². The van der Waals surface area contributed by atoms with Gasteiger partial charge >= 0.3 is 0 Å². The first-order valence-electron chi connectivity index (χ1n) is 7.39. The van der Waals surface area contributed by atoms with Crippen molar-refractivity contribution in [3.8, 4) is 0 Å². The number of nitrogens with one attached hydrogen (secondary N) is 1. The number of hydrogen-bond donors (Lipinski definition) is 1. The third kappa shape index (κ3) is 4.05. The zero-order valence-electron chi connectivity index (χ0n) is 12.9. The molecule has 112 valence electrons. The normalized spacial score (nSPS) is 12.2. The van der Waals surface area contributed by atoms with E-state index in [0.29, 0.717) is 12.6 Å². The van der Waals surface area contributed by atoms with E-state index in [0.717, 1.165) is 12.1 Å². The summed E-state index contributed by atoms with van der Waals surface area (Å²) in [5.41, 5.74) is 3.41. The number of hydrogen-bond acceptors (Lipinski definition) is 2. The Morgan fingerprint density at radius 3 is 2.62 bits per heavy atom. The van der Waals surface area contributed by atoms with Gasteiger partial charge in [0.05, 0.1) is 0 Å². The van der Waals surface area contributed by atoms with Gasteiger partial charge in [-0.05, 0) is 42.8 Å². The summed E-state index contributed by atoms with van der Waals surface area (Å²) >= 11 is 0. The lowest BCUT2D eigenvalue weighted by atomic mass is 10.0. The second-order valence-electron chi connectivity index (χ2n) is 5.32. The van der Waals surface area contributed by atoms with Crippen LogP contribution >= 0.6 is 0 Å². The number of para-hydroxylation sites is 1. The van der Waals surface area contributed by atoms with Crippen molar-refractivity contribution in [3.05, 3.63) is 65.5 Å². The maximum Gasteiger partial charge on any atom is 0.123 e. The van der Waals surface area contributed by atoms with E-state index in [4.69, 9.17) is 0 Å². The Kier molecular flexibility index (Phi) is 5.34. The summed E-state index contributed by atoms with van der Waals surface area (Å²) in [6, 6.07) is 15.4. The SMILES string of the molecule is CCNC(C)c1ccccc1N(C)Cc1cccc(F)c1. The molecule has 1 atom stereocenters. The largest absolute Gasteiger partial charge is 0.370 e. The summed E-state index contributed by atoms with van der Waals surface area (Å²) in [6.45, 7) is 5.89. The van der Waals surface area contributed by atoms with Crippen LogP contribution in [0.3, 0.4) is 0 Å². The van der Waals surface area contributed by atoms with E-state index in [2.05, 4.69) is 42.3 Å². The summed E-state index contributed by atoms with van der Waals surface area (Å²) in [5, 5.41) is 3.44. The molecule has 0 radical (unpaired) electrons. The molecule has 0 aliphatic carbocycles. The van der Waals surface area contributed by atoms with Gasteiger partial charge in [0.2, 0.25) is 0 Å². The lowest BCUT2D eigenvalue weighted by Gasteiger charge is -2.25. The Balaban J connectivity index is 2.21. The molecule has 2 aromatic carbocycles. The molecule has 0 aromatic heterocycles. The standard InChI is InChI=1S/C18H23FN2/c1-4-20-14(2)17-10-5-6-11-18(17)21(3)13-15-8-7-9-16(19)12-15/h5-12,14,20H,4,13H2,1-3H3. The van der Waals surface area contributed by atoms with Crippen molar-refractivity contribution in [1.29, 1.82) is 0 Å². The Bertz CT molecular complexity index is 583. The molecule has 0 fully saturated rings. The average Bonchev–Trinajstić information content (AvgIpc) is 2.47. The molecule has 0 aliphatic rings. The molecule has 0 saturated carbocycles. The summed E-state index contributed by atoms with van der Waals surface area (Å²) in [4.78, 5) is 2.16. The third-order valence-corrected chi connectivity index (χ3v) is 3.63. The van der Waals surface area contributed by atoms with Crippen LogP contribution in [0.5, 0.6) is 0 Å². The summed E-state index contributed by atoms with van der Waals surface area (Å²) < 4.78 is 13.3. The molecule has 0 heterocycles. The Morgan fingerprint density at radius 2 is 1.90 bits per heavy atom. The molecule has 21 heavy (non-hydrogen) atoms. The molecule has 3 heteroatoms. The Hall–Kier alpha value is -1.87. The molecule has 1 N–H and O–H groups in total. The summed E-state index contributed by atoms with van der Waals surface area (Å²) in [7, 11) is 2.04. The molecule has 0 aliphatic heterocycles. The first-order chi connectivity index (χ1) is 10.1. The van der Waals surface area contributed by atoms with E-state index in [9.17, 15) is 4.39 Å².